The Kier molecular flexibility index (Phi) is 4.53. The topological polar surface area (TPSA) is 64.3 Å². The molecule has 90 valence electrons. The maximum absolute atomic E-state index is 11.1. The number of anilines is 1. The lowest BCUT2D eigenvalue weighted by atomic mass is 10.1. The molecule has 0 aliphatic rings. The zero-order valence-electron chi connectivity index (χ0n) is 9.64. The van der Waals surface area contributed by atoms with Gasteiger partial charge in [-0.1, -0.05) is 6.92 Å². The molecule has 1 aromatic rings. The van der Waals surface area contributed by atoms with Gasteiger partial charge >= 0.3 is 5.97 Å². The van der Waals surface area contributed by atoms with Gasteiger partial charge in [0, 0.05) is 11.5 Å². The van der Waals surface area contributed by atoms with Crippen LogP contribution in [-0.2, 0) is 4.79 Å². The number of nitrogens with zero attached hydrogens (tertiary/aromatic N) is 2. The molecule has 0 radical (unpaired) electrons. The Morgan fingerprint density at radius 2 is 2.29 bits per heavy atom. The van der Waals surface area contributed by atoms with Gasteiger partial charge in [-0.15, -0.1) is 0 Å². The third kappa shape index (κ3) is 2.98. The highest BCUT2D eigenvalue weighted by Gasteiger charge is 2.22. The first kappa shape index (κ1) is 13.5. The van der Waals surface area contributed by atoms with Crippen molar-refractivity contribution < 1.29 is 9.90 Å². The zero-order chi connectivity index (χ0) is 13.0. The molecule has 0 aliphatic carbocycles. The summed E-state index contributed by atoms with van der Waals surface area (Å²) < 4.78 is 0.721. The van der Waals surface area contributed by atoms with Crippen molar-refractivity contribution >= 4 is 27.6 Å². The maximum Gasteiger partial charge on any atom is 0.326 e. The predicted molar refractivity (Wildman–Crippen MR) is 69.0 cm³/mol. The van der Waals surface area contributed by atoms with E-state index in [1.807, 2.05) is 13.0 Å². The summed E-state index contributed by atoms with van der Waals surface area (Å²) in [6, 6.07) is 6.56. The molecular weight excluding hydrogens is 284 g/mol. The number of aliphatic carboxylic acids is 1. The Balaban J connectivity index is 3.08. The van der Waals surface area contributed by atoms with Gasteiger partial charge in [0.05, 0.1) is 17.3 Å². The monoisotopic (exact) mass is 296 g/mol. The summed E-state index contributed by atoms with van der Waals surface area (Å²) in [6.07, 6.45) is 0.512. The van der Waals surface area contributed by atoms with E-state index >= 15 is 0 Å². The molecule has 0 saturated carbocycles. The van der Waals surface area contributed by atoms with E-state index in [-0.39, 0.29) is 0 Å². The Labute approximate surface area is 109 Å². The van der Waals surface area contributed by atoms with Crippen molar-refractivity contribution in [2.45, 2.75) is 19.4 Å². The van der Waals surface area contributed by atoms with Gasteiger partial charge < -0.3 is 10.0 Å². The molecule has 0 bridgehead atoms. The van der Waals surface area contributed by atoms with Crippen molar-refractivity contribution in [3.63, 3.8) is 0 Å². The summed E-state index contributed by atoms with van der Waals surface area (Å²) in [7, 11) is 1.73. The lowest BCUT2D eigenvalue weighted by Crippen LogP contribution is -2.38. The van der Waals surface area contributed by atoms with Gasteiger partial charge in [0.25, 0.3) is 0 Å². The summed E-state index contributed by atoms with van der Waals surface area (Å²) >= 11 is 3.35. The first-order chi connectivity index (χ1) is 8.01. The second-order valence-electron chi connectivity index (χ2n) is 3.65. The second-order valence-corrected chi connectivity index (χ2v) is 4.51. The predicted octanol–water partition coefficient (Wildman–Crippen LogP) is 2.62. The highest BCUT2D eigenvalue weighted by atomic mass is 79.9. The van der Waals surface area contributed by atoms with Gasteiger partial charge in [-0.05, 0) is 40.5 Å². The summed E-state index contributed by atoms with van der Waals surface area (Å²) in [5.41, 5.74) is 1.30. The Morgan fingerprint density at radius 1 is 1.65 bits per heavy atom. The van der Waals surface area contributed by atoms with E-state index < -0.39 is 12.0 Å². The lowest BCUT2D eigenvalue weighted by molar-refractivity contribution is -0.138. The minimum absolute atomic E-state index is 0.512. The fraction of sp³-hybridized carbons (Fsp3) is 0.333. The number of rotatable bonds is 4. The summed E-state index contributed by atoms with van der Waals surface area (Å²) in [4.78, 5) is 12.8. The van der Waals surface area contributed by atoms with E-state index in [0.29, 0.717) is 12.0 Å². The van der Waals surface area contributed by atoms with Crippen LogP contribution in [-0.4, -0.2) is 24.2 Å². The van der Waals surface area contributed by atoms with Crippen LogP contribution < -0.4 is 4.90 Å². The van der Waals surface area contributed by atoms with E-state index in [9.17, 15) is 4.79 Å². The summed E-state index contributed by atoms with van der Waals surface area (Å²) in [6.45, 7) is 1.83. The number of carboxylic acids is 1. The molecular formula is C12H13BrN2O2. The van der Waals surface area contributed by atoms with Crippen molar-refractivity contribution in [3.05, 3.63) is 28.2 Å². The first-order valence-corrected chi connectivity index (χ1v) is 5.95. The Bertz CT molecular complexity index is 468. The smallest absolute Gasteiger partial charge is 0.326 e. The van der Waals surface area contributed by atoms with Gasteiger partial charge in [-0.2, -0.15) is 5.26 Å². The van der Waals surface area contributed by atoms with Crippen LogP contribution in [0.1, 0.15) is 18.9 Å². The SMILES string of the molecule is CCC(C(=O)O)N(C)c1ccc(C#N)cc1Br. The Hall–Kier alpha value is -1.54. The molecule has 0 saturated heterocycles. The van der Waals surface area contributed by atoms with Crippen molar-refractivity contribution in [2.24, 2.45) is 0 Å². The van der Waals surface area contributed by atoms with Gasteiger partial charge in [-0.25, -0.2) is 4.79 Å². The van der Waals surface area contributed by atoms with Gasteiger partial charge in [0.15, 0.2) is 0 Å². The molecule has 0 fully saturated rings. The molecule has 0 heterocycles. The van der Waals surface area contributed by atoms with Crippen LogP contribution in [0.15, 0.2) is 22.7 Å². The third-order valence-corrected chi connectivity index (χ3v) is 3.23. The quantitative estimate of drug-likeness (QED) is 0.928. The molecule has 0 aromatic heterocycles. The van der Waals surface area contributed by atoms with E-state index in [4.69, 9.17) is 10.4 Å². The van der Waals surface area contributed by atoms with Gasteiger partial charge in [-0.3, -0.25) is 0 Å². The molecule has 1 rings (SSSR count). The zero-order valence-corrected chi connectivity index (χ0v) is 11.2. The molecule has 1 atom stereocenters. The fourth-order valence-corrected chi connectivity index (χ4v) is 2.30. The molecule has 0 amide bonds. The summed E-state index contributed by atoms with van der Waals surface area (Å²) in [5.74, 6) is -0.855. The second kappa shape index (κ2) is 5.69. The molecule has 17 heavy (non-hydrogen) atoms. The van der Waals surface area contributed by atoms with E-state index in [2.05, 4.69) is 15.9 Å². The number of likely N-dealkylation sites (N-methyl/N-ethyl adjacent to an activating group) is 1. The number of nitriles is 1. The van der Waals surface area contributed by atoms with Crippen molar-refractivity contribution in [1.29, 1.82) is 5.26 Å². The minimum atomic E-state index is -0.855. The number of carboxylic acid groups (broad SMARTS) is 1. The molecule has 4 nitrogen and oxygen atoms in total. The van der Waals surface area contributed by atoms with Crippen molar-refractivity contribution in [3.8, 4) is 6.07 Å². The number of halogens is 1. The Morgan fingerprint density at radius 3 is 2.71 bits per heavy atom. The number of hydrogen-bond donors (Lipinski definition) is 1. The molecule has 0 aliphatic heterocycles. The van der Waals surface area contributed by atoms with Crippen molar-refractivity contribution in [1.82, 2.24) is 0 Å². The average Bonchev–Trinajstić information content (AvgIpc) is 2.28. The van der Waals surface area contributed by atoms with Crippen LogP contribution in [0.3, 0.4) is 0 Å². The van der Waals surface area contributed by atoms with Gasteiger partial charge in [0.2, 0.25) is 0 Å². The number of benzene rings is 1. The maximum atomic E-state index is 11.1. The normalized spacial score (nSPS) is 11.6. The van der Waals surface area contributed by atoms with E-state index in [1.54, 1.807) is 30.1 Å². The number of hydrogen-bond acceptors (Lipinski definition) is 3. The van der Waals surface area contributed by atoms with Crippen LogP contribution in [0.4, 0.5) is 5.69 Å². The minimum Gasteiger partial charge on any atom is -0.480 e. The average molecular weight is 297 g/mol. The standard InChI is InChI=1S/C12H13BrN2O2/c1-3-10(12(16)17)15(2)11-5-4-8(7-14)6-9(11)13/h4-6,10H,3H2,1-2H3,(H,16,17). The molecule has 5 heteroatoms. The first-order valence-electron chi connectivity index (χ1n) is 5.16. The van der Waals surface area contributed by atoms with E-state index in [0.717, 1.165) is 10.2 Å². The molecule has 1 aromatic carbocycles. The van der Waals surface area contributed by atoms with Gasteiger partial charge in [0.1, 0.15) is 6.04 Å². The fourth-order valence-electron chi connectivity index (χ4n) is 1.64. The van der Waals surface area contributed by atoms with E-state index in [1.165, 1.54) is 0 Å². The summed E-state index contributed by atoms with van der Waals surface area (Å²) in [5, 5.41) is 17.8. The molecule has 1 N–H and O–H groups in total. The van der Waals surface area contributed by atoms with Crippen LogP contribution in [0.25, 0.3) is 0 Å². The lowest BCUT2D eigenvalue weighted by Gasteiger charge is -2.26. The van der Waals surface area contributed by atoms with Crippen LogP contribution in [0.5, 0.6) is 0 Å². The molecule has 0 spiro atoms. The third-order valence-electron chi connectivity index (χ3n) is 2.60. The number of carbonyl (C=O) groups is 1. The van der Waals surface area contributed by atoms with Crippen LogP contribution >= 0.6 is 15.9 Å². The highest BCUT2D eigenvalue weighted by Crippen LogP contribution is 2.28. The van der Waals surface area contributed by atoms with Crippen LogP contribution in [0, 0.1) is 11.3 Å². The highest BCUT2D eigenvalue weighted by molar-refractivity contribution is 9.10. The molecule has 1 unspecified atom stereocenters. The largest absolute Gasteiger partial charge is 0.480 e. The van der Waals surface area contributed by atoms with Crippen LogP contribution in [0.2, 0.25) is 0 Å². The van der Waals surface area contributed by atoms with Crippen molar-refractivity contribution in [2.75, 3.05) is 11.9 Å².